The molecular weight excluding hydrogens is 278 g/mol. The Bertz CT molecular complexity index is 740. The van der Waals surface area contributed by atoms with E-state index < -0.39 is 15.7 Å². The van der Waals surface area contributed by atoms with Gasteiger partial charge in [-0.15, -0.1) is 0 Å². The second-order valence-electron chi connectivity index (χ2n) is 4.19. The van der Waals surface area contributed by atoms with E-state index in [4.69, 9.17) is 5.73 Å². The molecule has 104 valence electrons. The van der Waals surface area contributed by atoms with Crippen molar-refractivity contribution >= 4 is 27.2 Å². The van der Waals surface area contributed by atoms with Gasteiger partial charge in [0, 0.05) is 18.1 Å². The van der Waals surface area contributed by atoms with E-state index in [1.165, 1.54) is 18.3 Å². The summed E-state index contributed by atoms with van der Waals surface area (Å²) >= 11 is 0. The number of nitrogens with two attached hydrogens (primary N) is 1. The van der Waals surface area contributed by atoms with Crippen LogP contribution in [-0.4, -0.2) is 25.6 Å². The molecule has 1 aromatic heterocycles. The van der Waals surface area contributed by atoms with Crippen molar-refractivity contribution < 1.29 is 13.2 Å². The fraction of sp³-hybridized carbons (Fsp3) is 0.0769. The first-order valence-electron chi connectivity index (χ1n) is 5.70. The van der Waals surface area contributed by atoms with E-state index >= 15 is 0 Å². The molecule has 0 aliphatic heterocycles. The quantitative estimate of drug-likeness (QED) is 0.884. The van der Waals surface area contributed by atoms with Gasteiger partial charge in [-0.3, -0.25) is 4.79 Å². The highest BCUT2D eigenvalue weighted by Crippen LogP contribution is 2.19. The summed E-state index contributed by atoms with van der Waals surface area (Å²) in [5.41, 5.74) is 6.12. The largest absolute Gasteiger partial charge is 0.365 e. The van der Waals surface area contributed by atoms with Crippen molar-refractivity contribution in [2.45, 2.75) is 4.90 Å². The van der Waals surface area contributed by atoms with Crippen LogP contribution in [0.2, 0.25) is 0 Å². The molecule has 0 unspecified atom stereocenters. The number of aromatic nitrogens is 1. The highest BCUT2D eigenvalue weighted by molar-refractivity contribution is 7.90. The van der Waals surface area contributed by atoms with Crippen molar-refractivity contribution in [3.8, 4) is 0 Å². The third-order valence-electron chi connectivity index (χ3n) is 2.62. The molecule has 0 radical (unpaired) electrons. The number of carbonyl (C=O) groups is 1. The molecule has 0 saturated carbocycles. The van der Waals surface area contributed by atoms with Gasteiger partial charge in [0.15, 0.2) is 9.84 Å². The number of hydrogen-bond donors (Lipinski definition) is 2. The van der Waals surface area contributed by atoms with E-state index in [1.807, 2.05) is 0 Å². The first-order valence-corrected chi connectivity index (χ1v) is 7.59. The SMILES string of the molecule is CS(=O)(=O)c1ccc(Nc2ncccc2C(N)=O)cc1. The van der Waals surface area contributed by atoms with Crippen molar-refractivity contribution in [2.75, 3.05) is 11.6 Å². The average Bonchev–Trinajstić information content (AvgIpc) is 2.38. The van der Waals surface area contributed by atoms with Crippen LogP contribution in [0.5, 0.6) is 0 Å². The van der Waals surface area contributed by atoms with Gasteiger partial charge in [-0.05, 0) is 36.4 Å². The summed E-state index contributed by atoms with van der Waals surface area (Å²) in [7, 11) is -3.23. The molecule has 20 heavy (non-hydrogen) atoms. The Morgan fingerprint density at radius 2 is 1.85 bits per heavy atom. The summed E-state index contributed by atoms with van der Waals surface area (Å²) in [5, 5.41) is 2.93. The maximum absolute atomic E-state index is 11.4. The number of anilines is 2. The summed E-state index contributed by atoms with van der Waals surface area (Å²) in [6.07, 6.45) is 2.67. The lowest BCUT2D eigenvalue weighted by Crippen LogP contribution is -2.14. The molecule has 2 aromatic rings. The molecule has 0 aliphatic rings. The molecule has 0 fully saturated rings. The topological polar surface area (TPSA) is 102 Å². The Morgan fingerprint density at radius 3 is 2.40 bits per heavy atom. The van der Waals surface area contributed by atoms with Crippen molar-refractivity contribution in [3.63, 3.8) is 0 Å². The third kappa shape index (κ3) is 3.12. The molecule has 0 saturated heterocycles. The van der Waals surface area contributed by atoms with Gasteiger partial charge in [-0.2, -0.15) is 0 Å². The van der Waals surface area contributed by atoms with Crippen LogP contribution in [0.4, 0.5) is 11.5 Å². The molecule has 0 spiro atoms. The number of primary amides is 1. The maximum Gasteiger partial charge on any atom is 0.252 e. The van der Waals surface area contributed by atoms with Gasteiger partial charge in [-0.25, -0.2) is 13.4 Å². The smallest absolute Gasteiger partial charge is 0.252 e. The second-order valence-corrected chi connectivity index (χ2v) is 6.20. The fourth-order valence-electron chi connectivity index (χ4n) is 1.63. The normalized spacial score (nSPS) is 11.1. The summed E-state index contributed by atoms with van der Waals surface area (Å²) in [6, 6.07) is 9.31. The number of rotatable bonds is 4. The zero-order chi connectivity index (χ0) is 14.8. The summed E-state index contributed by atoms with van der Waals surface area (Å²) < 4.78 is 22.7. The summed E-state index contributed by atoms with van der Waals surface area (Å²) in [4.78, 5) is 15.5. The number of nitrogens with zero attached hydrogens (tertiary/aromatic N) is 1. The van der Waals surface area contributed by atoms with Crippen LogP contribution in [0.15, 0.2) is 47.5 Å². The number of nitrogens with one attached hydrogen (secondary N) is 1. The predicted molar refractivity (Wildman–Crippen MR) is 75.6 cm³/mol. The minimum absolute atomic E-state index is 0.221. The van der Waals surface area contributed by atoms with Crippen LogP contribution >= 0.6 is 0 Å². The fourth-order valence-corrected chi connectivity index (χ4v) is 2.26. The van der Waals surface area contributed by atoms with E-state index in [-0.39, 0.29) is 10.5 Å². The van der Waals surface area contributed by atoms with Crippen LogP contribution in [0.25, 0.3) is 0 Å². The molecule has 3 N–H and O–H groups in total. The first-order chi connectivity index (χ1) is 9.38. The first kappa shape index (κ1) is 14.0. The van der Waals surface area contributed by atoms with Crippen LogP contribution in [0, 0.1) is 0 Å². The van der Waals surface area contributed by atoms with Gasteiger partial charge in [0.25, 0.3) is 5.91 Å². The Morgan fingerprint density at radius 1 is 1.20 bits per heavy atom. The molecule has 1 aromatic carbocycles. The van der Waals surface area contributed by atoms with E-state index in [0.29, 0.717) is 11.5 Å². The highest BCUT2D eigenvalue weighted by Gasteiger charge is 2.10. The molecule has 1 heterocycles. The summed E-state index contributed by atoms with van der Waals surface area (Å²) in [6.45, 7) is 0. The molecule has 6 nitrogen and oxygen atoms in total. The van der Waals surface area contributed by atoms with E-state index in [2.05, 4.69) is 10.3 Å². The van der Waals surface area contributed by atoms with Crippen LogP contribution in [0.1, 0.15) is 10.4 Å². The van der Waals surface area contributed by atoms with Crippen molar-refractivity contribution in [3.05, 3.63) is 48.2 Å². The van der Waals surface area contributed by atoms with Gasteiger partial charge in [0.05, 0.1) is 10.5 Å². The highest BCUT2D eigenvalue weighted by atomic mass is 32.2. The molecule has 2 rings (SSSR count). The zero-order valence-corrected chi connectivity index (χ0v) is 11.5. The minimum atomic E-state index is -3.23. The molecule has 0 bridgehead atoms. The van der Waals surface area contributed by atoms with Crippen molar-refractivity contribution in [2.24, 2.45) is 5.73 Å². The lowest BCUT2D eigenvalue weighted by Gasteiger charge is -2.09. The van der Waals surface area contributed by atoms with E-state index in [9.17, 15) is 13.2 Å². The van der Waals surface area contributed by atoms with Gasteiger partial charge in [-0.1, -0.05) is 0 Å². The zero-order valence-electron chi connectivity index (χ0n) is 10.7. The van der Waals surface area contributed by atoms with Gasteiger partial charge < -0.3 is 11.1 Å². The van der Waals surface area contributed by atoms with E-state index in [1.54, 1.807) is 24.3 Å². The summed E-state index contributed by atoms with van der Waals surface area (Å²) in [5.74, 6) is -0.263. The number of pyridine rings is 1. The van der Waals surface area contributed by atoms with Gasteiger partial charge in [0.2, 0.25) is 0 Å². The number of benzene rings is 1. The Kier molecular flexibility index (Phi) is 3.71. The standard InChI is InChI=1S/C13H13N3O3S/c1-20(18,19)10-6-4-9(5-7-10)16-13-11(12(14)17)3-2-8-15-13/h2-8H,1H3,(H2,14,17)(H,15,16). The second kappa shape index (κ2) is 5.30. The predicted octanol–water partition coefficient (Wildman–Crippen LogP) is 1.33. The van der Waals surface area contributed by atoms with Gasteiger partial charge >= 0.3 is 0 Å². The van der Waals surface area contributed by atoms with Crippen molar-refractivity contribution in [1.29, 1.82) is 0 Å². The number of carbonyl (C=O) groups excluding carboxylic acids is 1. The Labute approximate surface area is 116 Å². The molecule has 1 amide bonds. The molecule has 0 aliphatic carbocycles. The number of amides is 1. The van der Waals surface area contributed by atoms with Crippen molar-refractivity contribution in [1.82, 2.24) is 4.98 Å². The number of hydrogen-bond acceptors (Lipinski definition) is 5. The monoisotopic (exact) mass is 291 g/mol. The number of sulfone groups is 1. The molecule has 0 atom stereocenters. The lowest BCUT2D eigenvalue weighted by atomic mass is 10.2. The van der Waals surface area contributed by atoms with Crippen LogP contribution < -0.4 is 11.1 Å². The van der Waals surface area contributed by atoms with Gasteiger partial charge in [0.1, 0.15) is 5.82 Å². The minimum Gasteiger partial charge on any atom is -0.365 e. The van der Waals surface area contributed by atoms with Crippen LogP contribution in [-0.2, 0) is 9.84 Å². The van der Waals surface area contributed by atoms with E-state index in [0.717, 1.165) is 6.26 Å². The molecular formula is C13H13N3O3S. The Hall–Kier alpha value is -2.41. The maximum atomic E-state index is 11.4. The molecule has 7 heteroatoms. The lowest BCUT2D eigenvalue weighted by molar-refractivity contribution is 0.100. The Balaban J connectivity index is 2.30. The third-order valence-corrected chi connectivity index (χ3v) is 3.75. The average molecular weight is 291 g/mol. The van der Waals surface area contributed by atoms with Crippen LogP contribution in [0.3, 0.4) is 0 Å².